The summed E-state index contributed by atoms with van der Waals surface area (Å²) in [4.78, 5) is 37.3. The predicted octanol–water partition coefficient (Wildman–Crippen LogP) is 5.00. The number of nitrogens with one attached hydrogen (secondary N) is 3. The maximum absolute atomic E-state index is 12.9. The molecule has 0 aliphatic rings. The SMILES string of the molecule is CCOC(=O)Nc1cccc(C(=O)Nc2ccccc2C(=O)NC(C)c2ccccc2)c1. The van der Waals surface area contributed by atoms with Crippen LogP contribution < -0.4 is 16.0 Å². The molecule has 1 atom stereocenters. The minimum absolute atomic E-state index is 0.196. The highest BCUT2D eigenvalue weighted by Gasteiger charge is 2.17. The molecule has 0 spiro atoms. The van der Waals surface area contributed by atoms with Crippen LogP contribution in [-0.4, -0.2) is 24.5 Å². The normalized spacial score (nSPS) is 11.2. The molecule has 3 rings (SSSR count). The average molecular weight is 431 g/mol. The number of ether oxygens (including phenoxy) is 1. The van der Waals surface area contributed by atoms with Gasteiger partial charge in [0.15, 0.2) is 0 Å². The number of carbonyl (C=O) groups is 3. The monoisotopic (exact) mass is 431 g/mol. The van der Waals surface area contributed by atoms with Crippen molar-refractivity contribution in [3.63, 3.8) is 0 Å². The van der Waals surface area contributed by atoms with Gasteiger partial charge in [-0.2, -0.15) is 0 Å². The molecule has 164 valence electrons. The minimum atomic E-state index is -0.598. The van der Waals surface area contributed by atoms with Gasteiger partial charge in [0.2, 0.25) is 0 Å². The fraction of sp³-hybridized carbons (Fsp3) is 0.160. The molecule has 7 nitrogen and oxygen atoms in total. The Labute approximate surface area is 186 Å². The van der Waals surface area contributed by atoms with Crippen LogP contribution in [0.1, 0.15) is 46.2 Å². The third-order valence-electron chi connectivity index (χ3n) is 4.71. The van der Waals surface area contributed by atoms with Crippen molar-refractivity contribution in [3.05, 3.63) is 95.6 Å². The fourth-order valence-corrected chi connectivity index (χ4v) is 3.11. The van der Waals surface area contributed by atoms with E-state index < -0.39 is 12.0 Å². The van der Waals surface area contributed by atoms with E-state index in [0.717, 1.165) is 5.56 Å². The largest absolute Gasteiger partial charge is 0.450 e. The first-order chi connectivity index (χ1) is 15.5. The molecule has 0 heterocycles. The Morgan fingerprint density at radius 1 is 0.844 bits per heavy atom. The van der Waals surface area contributed by atoms with E-state index in [9.17, 15) is 14.4 Å². The second-order valence-electron chi connectivity index (χ2n) is 7.03. The van der Waals surface area contributed by atoms with Crippen LogP contribution in [0.2, 0.25) is 0 Å². The maximum Gasteiger partial charge on any atom is 0.411 e. The van der Waals surface area contributed by atoms with Gasteiger partial charge in [0.05, 0.1) is 23.9 Å². The number of amides is 3. The van der Waals surface area contributed by atoms with Crippen LogP contribution in [0.15, 0.2) is 78.9 Å². The van der Waals surface area contributed by atoms with E-state index in [1.165, 1.54) is 6.07 Å². The van der Waals surface area contributed by atoms with Gasteiger partial charge in [-0.05, 0) is 49.7 Å². The summed E-state index contributed by atoms with van der Waals surface area (Å²) < 4.78 is 4.85. The lowest BCUT2D eigenvalue weighted by molar-refractivity contribution is 0.0940. The first-order valence-corrected chi connectivity index (χ1v) is 10.3. The van der Waals surface area contributed by atoms with Gasteiger partial charge in [0, 0.05) is 11.3 Å². The minimum Gasteiger partial charge on any atom is -0.450 e. The molecule has 0 aliphatic heterocycles. The van der Waals surface area contributed by atoms with Gasteiger partial charge in [-0.1, -0.05) is 48.5 Å². The van der Waals surface area contributed by atoms with Crippen LogP contribution in [0.3, 0.4) is 0 Å². The molecule has 0 bridgehead atoms. The zero-order valence-corrected chi connectivity index (χ0v) is 17.9. The standard InChI is InChI=1S/C25H25N3O4/c1-3-32-25(31)27-20-13-9-12-19(16-20)23(29)28-22-15-8-7-14-21(22)24(30)26-17(2)18-10-5-4-6-11-18/h4-17H,3H2,1-2H3,(H,26,30)(H,27,31)(H,28,29). The molecule has 3 aromatic rings. The van der Waals surface area contributed by atoms with Gasteiger partial charge in [0.1, 0.15) is 0 Å². The summed E-state index contributed by atoms with van der Waals surface area (Å²) in [6.07, 6.45) is -0.598. The molecule has 32 heavy (non-hydrogen) atoms. The number of benzene rings is 3. The van der Waals surface area contributed by atoms with Crippen molar-refractivity contribution >= 4 is 29.3 Å². The second-order valence-corrected chi connectivity index (χ2v) is 7.03. The summed E-state index contributed by atoms with van der Waals surface area (Å²) in [6, 6.07) is 22.7. The Hall–Kier alpha value is -4.13. The van der Waals surface area contributed by atoms with Crippen molar-refractivity contribution < 1.29 is 19.1 Å². The molecule has 0 aliphatic carbocycles. The number of hydrogen-bond donors (Lipinski definition) is 3. The quantitative estimate of drug-likeness (QED) is 0.491. The van der Waals surface area contributed by atoms with Gasteiger partial charge >= 0.3 is 6.09 Å². The highest BCUT2D eigenvalue weighted by molar-refractivity contribution is 6.09. The molecule has 3 aromatic carbocycles. The molecular weight excluding hydrogens is 406 g/mol. The lowest BCUT2D eigenvalue weighted by Gasteiger charge is -2.16. The van der Waals surface area contributed by atoms with Gasteiger partial charge in [-0.15, -0.1) is 0 Å². The zero-order chi connectivity index (χ0) is 22.9. The summed E-state index contributed by atoms with van der Waals surface area (Å²) in [5.74, 6) is -0.705. The van der Waals surface area contributed by atoms with E-state index in [1.54, 1.807) is 49.4 Å². The number of para-hydroxylation sites is 1. The highest BCUT2D eigenvalue weighted by Crippen LogP contribution is 2.20. The Morgan fingerprint density at radius 2 is 1.56 bits per heavy atom. The number of rotatable bonds is 7. The molecule has 0 fully saturated rings. The third-order valence-corrected chi connectivity index (χ3v) is 4.71. The Morgan fingerprint density at radius 3 is 2.31 bits per heavy atom. The second kappa shape index (κ2) is 10.8. The van der Waals surface area contributed by atoms with E-state index in [4.69, 9.17) is 4.74 Å². The van der Waals surface area contributed by atoms with Crippen molar-refractivity contribution in [1.29, 1.82) is 0 Å². The van der Waals surface area contributed by atoms with Crippen LogP contribution >= 0.6 is 0 Å². The Balaban J connectivity index is 1.73. The molecule has 1 unspecified atom stereocenters. The Bertz CT molecular complexity index is 1100. The van der Waals surface area contributed by atoms with Crippen molar-refractivity contribution in [2.24, 2.45) is 0 Å². The summed E-state index contributed by atoms with van der Waals surface area (Å²) in [5.41, 5.74) is 2.47. The van der Waals surface area contributed by atoms with E-state index in [-0.39, 0.29) is 18.6 Å². The van der Waals surface area contributed by atoms with Crippen molar-refractivity contribution in [2.45, 2.75) is 19.9 Å². The number of carbonyl (C=O) groups excluding carboxylic acids is 3. The van der Waals surface area contributed by atoms with Crippen molar-refractivity contribution in [2.75, 3.05) is 17.2 Å². The van der Waals surface area contributed by atoms with E-state index in [2.05, 4.69) is 16.0 Å². The van der Waals surface area contributed by atoms with Gasteiger partial charge in [-0.25, -0.2) is 4.79 Å². The van der Waals surface area contributed by atoms with Gasteiger partial charge in [-0.3, -0.25) is 14.9 Å². The lowest BCUT2D eigenvalue weighted by atomic mass is 10.1. The predicted molar refractivity (Wildman–Crippen MR) is 124 cm³/mol. The smallest absolute Gasteiger partial charge is 0.411 e. The molecule has 0 aromatic heterocycles. The highest BCUT2D eigenvalue weighted by atomic mass is 16.5. The van der Waals surface area contributed by atoms with Crippen molar-refractivity contribution in [3.8, 4) is 0 Å². The first kappa shape index (κ1) is 22.6. The summed E-state index contributed by atoms with van der Waals surface area (Å²) in [5, 5.41) is 8.30. The van der Waals surface area contributed by atoms with E-state index in [1.807, 2.05) is 37.3 Å². The topological polar surface area (TPSA) is 96.5 Å². The molecule has 0 saturated heterocycles. The van der Waals surface area contributed by atoms with Crippen LogP contribution in [0, 0.1) is 0 Å². The van der Waals surface area contributed by atoms with Crippen LogP contribution in [-0.2, 0) is 4.74 Å². The van der Waals surface area contributed by atoms with Crippen LogP contribution in [0.25, 0.3) is 0 Å². The van der Waals surface area contributed by atoms with Crippen LogP contribution in [0.5, 0.6) is 0 Å². The van der Waals surface area contributed by atoms with E-state index in [0.29, 0.717) is 22.5 Å². The van der Waals surface area contributed by atoms with Gasteiger partial charge < -0.3 is 15.4 Å². The molecule has 7 heteroatoms. The number of anilines is 2. The van der Waals surface area contributed by atoms with Gasteiger partial charge in [0.25, 0.3) is 11.8 Å². The third kappa shape index (κ3) is 5.95. The summed E-state index contributed by atoms with van der Waals surface area (Å²) in [6.45, 7) is 3.85. The average Bonchev–Trinajstić information content (AvgIpc) is 2.80. The molecular formula is C25H25N3O4. The lowest BCUT2D eigenvalue weighted by Crippen LogP contribution is -2.28. The maximum atomic E-state index is 12.9. The zero-order valence-electron chi connectivity index (χ0n) is 17.9. The molecule has 3 N–H and O–H groups in total. The molecule has 0 saturated carbocycles. The van der Waals surface area contributed by atoms with E-state index >= 15 is 0 Å². The molecule has 0 radical (unpaired) electrons. The fourth-order valence-electron chi connectivity index (χ4n) is 3.11. The Kier molecular flexibility index (Phi) is 7.59. The van der Waals surface area contributed by atoms with Crippen LogP contribution in [0.4, 0.5) is 16.2 Å². The number of hydrogen-bond acceptors (Lipinski definition) is 4. The van der Waals surface area contributed by atoms with Crippen molar-refractivity contribution in [1.82, 2.24) is 5.32 Å². The molecule has 3 amide bonds. The summed E-state index contributed by atoms with van der Waals surface area (Å²) >= 11 is 0. The first-order valence-electron chi connectivity index (χ1n) is 10.3. The summed E-state index contributed by atoms with van der Waals surface area (Å²) in [7, 11) is 0.